The molecule has 110 valence electrons. The van der Waals surface area contributed by atoms with Crippen molar-refractivity contribution in [2.45, 2.75) is 0 Å². The third kappa shape index (κ3) is 2.24. The van der Waals surface area contributed by atoms with Gasteiger partial charge in [-0.1, -0.05) is 6.07 Å². The number of hydrogen-bond acceptors (Lipinski definition) is 6. The van der Waals surface area contributed by atoms with Crippen molar-refractivity contribution >= 4 is 28.1 Å². The van der Waals surface area contributed by atoms with E-state index in [4.69, 9.17) is 15.2 Å². The second kappa shape index (κ2) is 5.07. The van der Waals surface area contributed by atoms with Crippen molar-refractivity contribution in [3.8, 4) is 11.8 Å². The van der Waals surface area contributed by atoms with Crippen LogP contribution in [-0.2, 0) is 0 Å². The first-order valence-electron chi connectivity index (χ1n) is 6.98. The third-order valence-electron chi connectivity index (χ3n) is 3.38. The van der Waals surface area contributed by atoms with Gasteiger partial charge in [0.15, 0.2) is 0 Å². The smallest absolute Gasteiger partial charge is 0.278 e. The van der Waals surface area contributed by atoms with Gasteiger partial charge in [-0.15, -0.1) is 0 Å². The number of nitrogens with zero attached hydrogens (tertiary/aromatic N) is 2. The molecular weight excluding hydrogens is 280 g/mol. The number of anilines is 3. The van der Waals surface area contributed by atoms with Gasteiger partial charge in [-0.05, 0) is 36.4 Å². The van der Waals surface area contributed by atoms with Crippen LogP contribution < -0.4 is 20.5 Å². The molecule has 0 fully saturated rings. The Kier molecular flexibility index (Phi) is 2.93. The van der Waals surface area contributed by atoms with Crippen LogP contribution in [-0.4, -0.2) is 23.2 Å². The fourth-order valence-corrected chi connectivity index (χ4v) is 2.33. The first-order chi connectivity index (χ1) is 10.8. The molecule has 0 unspecified atom stereocenters. The Hall–Kier alpha value is -3.02. The van der Waals surface area contributed by atoms with Crippen LogP contribution in [0.1, 0.15) is 0 Å². The predicted octanol–water partition coefficient (Wildman–Crippen LogP) is 2.73. The summed E-state index contributed by atoms with van der Waals surface area (Å²) >= 11 is 0. The van der Waals surface area contributed by atoms with E-state index < -0.39 is 0 Å². The Morgan fingerprint density at radius 2 is 1.64 bits per heavy atom. The van der Waals surface area contributed by atoms with E-state index >= 15 is 0 Å². The van der Waals surface area contributed by atoms with Gasteiger partial charge < -0.3 is 20.5 Å². The predicted molar refractivity (Wildman–Crippen MR) is 84.7 cm³/mol. The molecule has 3 N–H and O–H groups in total. The van der Waals surface area contributed by atoms with Crippen LogP contribution >= 0.6 is 0 Å². The molecule has 1 aliphatic rings. The zero-order valence-corrected chi connectivity index (χ0v) is 11.7. The molecule has 2 heterocycles. The van der Waals surface area contributed by atoms with Crippen molar-refractivity contribution in [2.24, 2.45) is 0 Å². The molecule has 0 spiro atoms. The molecule has 3 aromatic rings. The Labute approximate surface area is 126 Å². The molecule has 1 aliphatic heterocycles. The Balaban J connectivity index is 1.78. The summed E-state index contributed by atoms with van der Waals surface area (Å²) in [6.07, 6.45) is 0. The van der Waals surface area contributed by atoms with Gasteiger partial charge in [-0.3, -0.25) is 0 Å². The highest BCUT2D eigenvalue weighted by Crippen LogP contribution is 2.32. The van der Waals surface area contributed by atoms with Crippen LogP contribution in [0.3, 0.4) is 0 Å². The van der Waals surface area contributed by atoms with Gasteiger partial charge in [0.25, 0.3) is 11.8 Å². The van der Waals surface area contributed by atoms with Gasteiger partial charge in [0, 0.05) is 11.4 Å². The van der Waals surface area contributed by atoms with Crippen LogP contribution in [0.2, 0.25) is 0 Å². The first-order valence-corrected chi connectivity index (χ1v) is 6.98. The molecule has 6 nitrogen and oxygen atoms in total. The van der Waals surface area contributed by atoms with Crippen LogP contribution in [0.25, 0.3) is 11.0 Å². The number of ether oxygens (including phenoxy) is 2. The minimum Gasteiger partial charge on any atom is -0.470 e. The van der Waals surface area contributed by atoms with Gasteiger partial charge in [-0.25, -0.2) is 9.97 Å². The van der Waals surface area contributed by atoms with E-state index in [0.29, 0.717) is 25.0 Å². The second-order valence-electron chi connectivity index (χ2n) is 4.95. The standard InChI is InChI=1S/C16H14N4O2/c17-10-4-6-11(7-5-10)18-12-2-1-3-13-14(12)20-16-15(19-13)21-8-9-22-16/h1-7,18H,8-9,17H2. The van der Waals surface area contributed by atoms with E-state index in [1.165, 1.54) is 0 Å². The monoisotopic (exact) mass is 294 g/mol. The summed E-state index contributed by atoms with van der Waals surface area (Å²) in [5.74, 6) is 0.883. The van der Waals surface area contributed by atoms with E-state index in [9.17, 15) is 0 Å². The summed E-state index contributed by atoms with van der Waals surface area (Å²) in [4.78, 5) is 8.99. The molecule has 0 amide bonds. The molecule has 6 heteroatoms. The lowest BCUT2D eigenvalue weighted by molar-refractivity contribution is 0.158. The number of hydrogen-bond donors (Lipinski definition) is 2. The van der Waals surface area contributed by atoms with Crippen molar-refractivity contribution in [1.29, 1.82) is 0 Å². The van der Waals surface area contributed by atoms with Crippen molar-refractivity contribution < 1.29 is 9.47 Å². The number of nitrogen functional groups attached to an aromatic ring is 1. The zero-order valence-electron chi connectivity index (χ0n) is 11.7. The molecule has 0 saturated carbocycles. The molecule has 0 atom stereocenters. The van der Waals surface area contributed by atoms with Gasteiger partial charge >= 0.3 is 0 Å². The summed E-state index contributed by atoms with van der Waals surface area (Å²) in [6, 6.07) is 13.3. The van der Waals surface area contributed by atoms with Gasteiger partial charge in [0.1, 0.15) is 18.7 Å². The minimum atomic E-state index is 0.435. The number of aromatic nitrogens is 2. The topological polar surface area (TPSA) is 82.3 Å². The summed E-state index contributed by atoms with van der Waals surface area (Å²) in [5, 5.41) is 3.33. The second-order valence-corrected chi connectivity index (χ2v) is 4.95. The summed E-state index contributed by atoms with van der Waals surface area (Å²) in [5.41, 5.74) is 9.71. The van der Waals surface area contributed by atoms with E-state index in [1.807, 2.05) is 42.5 Å². The molecular formula is C16H14N4O2. The van der Waals surface area contributed by atoms with Gasteiger partial charge in [0.2, 0.25) is 0 Å². The van der Waals surface area contributed by atoms with Crippen molar-refractivity contribution in [1.82, 2.24) is 9.97 Å². The highest BCUT2D eigenvalue weighted by Gasteiger charge is 2.17. The average molecular weight is 294 g/mol. The number of benzene rings is 2. The number of para-hydroxylation sites is 1. The molecule has 0 radical (unpaired) electrons. The largest absolute Gasteiger partial charge is 0.470 e. The first kappa shape index (κ1) is 12.7. The number of rotatable bonds is 2. The summed E-state index contributed by atoms with van der Waals surface area (Å²) < 4.78 is 11.0. The van der Waals surface area contributed by atoms with E-state index in [1.54, 1.807) is 0 Å². The minimum absolute atomic E-state index is 0.435. The number of nitrogens with one attached hydrogen (secondary N) is 1. The summed E-state index contributed by atoms with van der Waals surface area (Å²) in [6.45, 7) is 0.983. The van der Waals surface area contributed by atoms with Crippen LogP contribution in [0, 0.1) is 0 Å². The lowest BCUT2D eigenvalue weighted by Gasteiger charge is -2.17. The molecule has 22 heavy (non-hydrogen) atoms. The summed E-state index contributed by atoms with van der Waals surface area (Å²) in [7, 11) is 0. The maximum atomic E-state index is 5.71. The SMILES string of the molecule is Nc1ccc(Nc2cccc3nc4c(nc23)OCCO4)cc1. The third-order valence-corrected chi connectivity index (χ3v) is 3.38. The van der Waals surface area contributed by atoms with E-state index in [-0.39, 0.29) is 0 Å². The molecule has 0 aliphatic carbocycles. The van der Waals surface area contributed by atoms with Gasteiger partial charge in [-0.2, -0.15) is 0 Å². The van der Waals surface area contributed by atoms with Crippen molar-refractivity contribution in [3.05, 3.63) is 42.5 Å². The molecule has 2 aromatic carbocycles. The lowest BCUT2D eigenvalue weighted by atomic mass is 10.2. The van der Waals surface area contributed by atoms with Crippen LogP contribution in [0.5, 0.6) is 11.8 Å². The lowest BCUT2D eigenvalue weighted by Crippen LogP contribution is -2.17. The molecule has 0 saturated heterocycles. The van der Waals surface area contributed by atoms with Crippen molar-refractivity contribution in [3.63, 3.8) is 0 Å². The maximum absolute atomic E-state index is 5.71. The molecule has 1 aromatic heterocycles. The van der Waals surface area contributed by atoms with Crippen LogP contribution in [0.4, 0.5) is 17.1 Å². The normalized spacial score (nSPS) is 13.1. The maximum Gasteiger partial charge on any atom is 0.278 e. The fourth-order valence-electron chi connectivity index (χ4n) is 2.33. The van der Waals surface area contributed by atoms with Gasteiger partial charge in [0.05, 0.1) is 11.2 Å². The Morgan fingerprint density at radius 1 is 0.909 bits per heavy atom. The highest BCUT2D eigenvalue weighted by atomic mass is 16.6. The number of fused-ring (bicyclic) bond motifs is 2. The molecule has 0 bridgehead atoms. The van der Waals surface area contributed by atoms with E-state index in [0.717, 1.165) is 28.1 Å². The Morgan fingerprint density at radius 3 is 2.41 bits per heavy atom. The highest BCUT2D eigenvalue weighted by molar-refractivity contribution is 5.90. The Bertz CT molecular complexity index is 833. The van der Waals surface area contributed by atoms with E-state index in [2.05, 4.69) is 15.3 Å². The fraction of sp³-hybridized carbons (Fsp3) is 0.125. The quantitative estimate of drug-likeness (QED) is 0.707. The average Bonchev–Trinajstić information content (AvgIpc) is 2.55. The molecule has 4 rings (SSSR count). The van der Waals surface area contributed by atoms with Crippen LogP contribution in [0.15, 0.2) is 42.5 Å². The number of nitrogens with two attached hydrogens (primary N) is 1. The zero-order chi connectivity index (χ0) is 14.9. The van der Waals surface area contributed by atoms with Crippen molar-refractivity contribution in [2.75, 3.05) is 24.3 Å².